The van der Waals surface area contributed by atoms with E-state index >= 15 is 0 Å². The largest absolute Gasteiger partial charge is 0.295 e. The Morgan fingerprint density at radius 3 is 2.12 bits per heavy atom. The Kier molecular flexibility index (Phi) is 4.38. The minimum atomic E-state index is 0.683. The van der Waals surface area contributed by atoms with Crippen molar-refractivity contribution < 1.29 is 0 Å². The highest BCUT2D eigenvalue weighted by atomic mass is 32.2. The molecule has 0 N–H and O–H groups in total. The van der Waals surface area contributed by atoms with Crippen LogP contribution in [0.15, 0.2) is 0 Å². The van der Waals surface area contributed by atoms with Crippen molar-refractivity contribution in [2.45, 2.75) is 19.9 Å². The first-order valence-electron chi connectivity index (χ1n) is 2.87. The van der Waals surface area contributed by atoms with E-state index in [1.54, 1.807) is 0 Å². The highest BCUT2D eigenvalue weighted by Gasteiger charge is 1.98. The maximum Gasteiger partial charge on any atom is 0.0441 e. The van der Waals surface area contributed by atoms with Gasteiger partial charge < -0.3 is 0 Å². The number of hydrogen-bond donors (Lipinski definition) is 0. The Bertz CT molecular complexity index is 54.5. The van der Waals surface area contributed by atoms with Gasteiger partial charge in [0.15, 0.2) is 0 Å². The molecule has 0 amide bonds. The molecule has 0 aliphatic carbocycles. The van der Waals surface area contributed by atoms with Gasteiger partial charge in [-0.25, -0.2) is 0 Å². The summed E-state index contributed by atoms with van der Waals surface area (Å²) >= 11 is 1.86. The summed E-state index contributed by atoms with van der Waals surface area (Å²) < 4.78 is 0. The standard InChI is InChI=1S/C6H15NS/c1-6(2)7(3)5-8-4/h6H,5H2,1-4H3. The normalized spacial score (nSPS) is 11.2. The van der Waals surface area contributed by atoms with Crippen LogP contribution < -0.4 is 0 Å². The fraction of sp³-hybridized carbons (Fsp3) is 1.00. The first-order valence-corrected chi connectivity index (χ1v) is 4.27. The zero-order valence-corrected chi connectivity index (χ0v) is 6.96. The lowest BCUT2D eigenvalue weighted by atomic mass is 10.4. The second-order valence-corrected chi connectivity index (χ2v) is 3.10. The Labute approximate surface area is 56.4 Å². The highest BCUT2D eigenvalue weighted by molar-refractivity contribution is 7.98. The molecule has 1 nitrogen and oxygen atoms in total. The average Bonchev–Trinajstić information content (AvgIpc) is 1.67. The fourth-order valence-electron chi connectivity index (χ4n) is 0.353. The van der Waals surface area contributed by atoms with E-state index in [9.17, 15) is 0 Å². The molecule has 0 heterocycles. The summed E-state index contributed by atoms with van der Waals surface area (Å²) in [5, 5.41) is 0. The van der Waals surface area contributed by atoms with Gasteiger partial charge in [-0.2, -0.15) is 0 Å². The molecule has 0 aliphatic rings. The van der Waals surface area contributed by atoms with Crippen molar-refractivity contribution in [2.24, 2.45) is 0 Å². The Hall–Kier alpha value is 0.310. The molecule has 0 rings (SSSR count). The summed E-state index contributed by atoms with van der Waals surface area (Å²) in [6.07, 6.45) is 2.12. The van der Waals surface area contributed by atoms with E-state index < -0.39 is 0 Å². The summed E-state index contributed by atoms with van der Waals surface area (Å²) in [5.74, 6) is 1.14. The summed E-state index contributed by atoms with van der Waals surface area (Å²) in [4.78, 5) is 2.31. The van der Waals surface area contributed by atoms with Crippen LogP contribution in [0.1, 0.15) is 13.8 Å². The maximum absolute atomic E-state index is 2.31. The van der Waals surface area contributed by atoms with Crippen molar-refractivity contribution in [3.05, 3.63) is 0 Å². The predicted molar refractivity (Wildman–Crippen MR) is 41.3 cm³/mol. The van der Waals surface area contributed by atoms with Crippen molar-refractivity contribution in [2.75, 3.05) is 19.2 Å². The first kappa shape index (κ1) is 8.31. The SMILES string of the molecule is CSCN(C)C(C)C. The third-order valence-corrected chi connectivity index (χ3v) is 1.88. The van der Waals surface area contributed by atoms with Crippen molar-refractivity contribution >= 4 is 11.8 Å². The third-order valence-electron chi connectivity index (χ3n) is 1.21. The van der Waals surface area contributed by atoms with Crippen molar-refractivity contribution in [1.29, 1.82) is 0 Å². The third kappa shape index (κ3) is 3.33. The number of thioether (sulfide) groups is 1. The highest BCUT2D eigenvalue weighted by Crippen LogP contribution is 1.99. The van der Waals surface area contributed by atoms with Gasteiger partial charge in [0, 0.05) is 11.9 Å². The van der Waals surface area contributed by atoms with Crippen molar-refractivity contribution in [3.63, 3.8) is 0 Å². The van der Waals surface area contributed by atoms with Crippen LogP contribution in [0.4, 0.5) is 0 Å². The maximum atomic E-state index is 2.31. The van der Waals surface area contributed by atoms with Crippen LogP contribution in [-0.2, 0) is 0 Å². The van der Waals surface area contributed by atoms with Crippen LogP contribution in [0.25, 0.3) is 0 Å². The second kappa shape index (κ2) is 4.21. The molecule has 0 saturated carbocycles. The van der Waals surface area contributed by atoms with Gasteiger partial charge in [-0.15, -0.1) is 11.8 Å². The van der Waals surface area contributed by atoms with Crippen LogP contribution in [0, 0.1) is 0 Å². The van der Waals surface area contributed by atoms with E-state index in [0.717, 1.165) is 5.88 Å². The lowest BCUT2D eigenvalue weighted by Crippen LogP contribution is -2.25. The van der Waals surface area contributed by atoms with Gasteiger partial charge >= 0.3 is 0 Å². The molecule has 0 aromatic heterocycles. The van der Waals surface area contributed by atoms with Gasteiger partial charge in [0.1, 0.15) is 0 Å². The minimum Gasteiger partial charge on any atom is -0.295 e. The predicted octanol–water partition coefficient (Wildman–Crippen LogP) is 1.65. The molecule has 0 aliphatic heterocycles. The van der Waals surface area contributed by atoms with Crippen molar-refractivity contribution in [3.8, 4) is 0 Å². The molecule has 0 radical (unpaired) electrons. The van der Waals surface area contributed by atoms with Gasteiger partial charge in [-0.3, -0.25) is 4.90 Å². The Balaban J connectivity index is 3.17. The molecule has 0 fully saturated rings. The van der Waals surface area contributed by atoms with Crippen LogP contribution in [0.2, 0.25) is 0 Å². The van der Waals surface area contributed by atoms with Crippen LogP contribution in [-0.4, -0.2) is 30.1 Å². The van der Waals surface area contributed by atoms with E-state index in [4.69, 9.17) is 0 Å². The van der Waals surface area contributed by atoms with Crippen molar-refractivity contribution in [1.82, 2.24) is 4.90 Å². The zero-order valence-electron chi connectivity index (χ0n) is 6.14. The molecule has 0 saturated heterocycles. The molecule has 0 unspecified atom stereocenters. The van der Waals surface area contributed by atoms with Gasteiger partial charge in [0.2, 0.25) is 0 Å². The molecule has 0 spiro atoms. The van der Waals surface area contributed by atoms with Gasteiger partial charge in [-0.1, -0.05) is 0 Å². The number of nitrogens with zero attached hydrogens (tertiary/aromatic N) is 1. The summed E-state index contributed by atoms with van der Waals surface area (Å²) in [6.45, 7) is 4.41. The molecule has 50 valence electrons. The molecule has 8 heavy (non-hydrogen) atoms. The summed E-state index contributed by atoms with van der Waals surface area (Å²) in [6, 6.07) is 0.683. The van der Waals surface area contributed by atoms with E-state index in [1.165, 1.54) is 0 Å². The lowest BCUT2D eigenvalue weighted by molar-refractivity contribution is 0.322. The molecule has 0 aromatic carbocycles. The van der Waals surface area contributed by atoms with Crippen LogP contribution >= 0.6 is 11.8 Å². The molecular formula is C6H15NS. The average molecular weight is 133 g/mol. The second-order valence-electron chi connectivity index (χ2n) is 2.27. The Morgan fingerprint density at radius 2 is 2.00 bits per heavy atom. The van der Waals surface area contributed by atoms with E-state index in [2.05, 4.69) is 32.1 Å². The minimum absolute atomic E-state index is 0.683. The first-order chi connectivity index (χ1) is 3.68. The molecule has 0 atom stereocenters. The molecule has 2 heteroatoms. The van der Waals surface area contributed by atoms with Gasteiger partial charge in [0.05, 0.1) is 0 Å². The Morgan fingerprint density at radius 1 is 1.50 bits per heavy atom. The van der Waals surface area contributed by atoms with Gasteiger partial charge in [0.25, 0.3) is 0 Å². The lowest BCUT2D eigenvalue weighted by Gasteiger charge is -2.18. The van der Waals surface area contributed by atoms with Gasteiger partial charge in [-0.05, 0) is 27.2 Å². The van der Waals surface area contributed by atoms with Crippen LogP contribution in [0.5, 0.6) is 0 Å². The number of rotatable bonds is 3. The van der Waals surface area contributed by atoms with E-state index in [0.29, 0.717) is 6.04 Å². The molecular weight excluding hydrogens is 118 g/mol. The van der Waals surface area contributed by atoms with Crippen LogP contribution in [0.3, 0.4) is 0 Å². The molecule has 0 bridgehead atoms. The number of hydrogen-bond acceptors (Lipinski definition) is 2. The monoisotopic (exact) mass is 133 g/mol. The summed E-state index contributed by atoms with van der Waals surface area (Å²) in [5.41, 5.74) is 0. The van der Waals surface area contributed by atoms with E-state index in [-0.39, 0.29) is 0 Å². The smallest absolute Gasteiger partial charge is 0.0441 e. The zero-order chi connectivity index (χ0) is 6.57. The fourth-order valence-corrected chi connectivity index (χ4v) is 1.06. The quantitative estimate of drug-likeness (QED) is 0.538. The topological polar surface area (TPSA) is 3.24 Å². The van der Waals surface area contributed by atoms with E-state index in [1.807, 2.05) is 11.8 Å². The summed E-state index contributed by atoms with van der Waals surface area (Å²) in [7, 11) is 2.14. The molecule has 0 aromatic rings.